The fourth-order valence-electron chi connectivity index (χ4n) is 2.22. The van der Waals surface area contributed by atoms with Gasteiger partial charge in [-0.05, 0) is 24.3 Å². The van der Waals surface area contributed by atoms with Crippen LogP contribution in [0.2, 0.25) is 0 Å². The van der Waals surface area contributed by atoms with E-state index in [-0.39, 0.29) is 16.2 Å². The van der Waals surface area contributed by atoms with Crippen molar-refractivity contribution >= 4 is 15.9 Å². The molecule has 0 atom stereocenters. The molecule has 2 aromatic rings. The summed E-state index contributed by atoms with van der Waals surface area (Å²) < 4.78 is 35.6. The van der Waals surface area contributed by atoms with Crippen LogP contribution >= 0.6 is 0 Å². The summed E-state index contributed by atoms with van der Waals surface area (Å²) in [4.78, 5) is 13.9. The number of rotatable bonds is 4. The van der Waals surface area contributed by atoms with Gasteiger partial charge in [-0.1, -0.05) is 12.1 Å². The lowest BCUT2D eigenvalue weighted by molar-refractivity contribution is 0.0942. The minimum atomic E-state index is -4.02. The van der Waals surface area contributed by atoms with Crippen molar-refractivity contribution in [2.45, 2.75) is 11.3 Å². The molecule has 0 radical (unpaired) electrons. The Morgan fingerprint density at radius 1 is 1.04 bits per heavy atom. The van der Waals surface area contributed by atoms with E-state index in [2.05, 4.69) is 5.43 Å². The molecule has 0 saturated heterocycles. The molecule has 3 rings (SSSR count). The van der Waals surface area contributed by atoms with E-state index in [1.165, 1.54) is 30.3 Å². The number of benzene rings is 2. The van der Waals surface area contributed by atoms with Gasteiger partial charge in [-0.3, -0.25) is 10.2 Å². The second-order valence-electron chi connectivity index (χ2n) is 5.24. The first-order valence-corrected chi connectivity index (χ1v) is 8.95. The summed E-state index contributed by atoms with van der Waals surface area (Å²) in [5.74, 6) is -0.243. The number of para-hydroxylation sites is 1. The van der Waals surface area contributed by atoms with E-state index < -0.39 is 15.9 Å². The summed E-state index contributed by atoms with van der Waals surface area (Å²) in [5, 5.41) is 9.62. The number of hydrogen-bond donors (Lipinski definition) is 3. The molecule has 0 bridgehead atoms. The van der Waals surface area contributed by atoms with E-state index in [0.29, 0.717) is 31.1 Å². The van der Waals surface area contributed by atoms with Gasteiger partial charge in [-0.25, -0.2) is 8.42 Å². The van der Waals surface area contributed by atoms with Crippen LogP contribution in [-0.4, -0.2) is 32.6 Å². The van der Waals surface area contributed by atoms with Crippen LogP contribution in [0, 0.1) is 0 Å². The number of phenolic OH excluding ortho intramolecular Hbond substituents is 1. The van der Waals surface area contributed by atoms with Crippen molar-refractivity contribution in [3.05, 3.63) is 48.0 Å². The van der Waals surface area contributed by atoms with Gasteiger partial charge >= 0.3 is 0 Å². The average molecular weight is 364 g/mol. The zero-order valence-corrected chi connectivity index (χ0v) is 13.9. The van der Waals surface area contributed by atoms with Crippen molar-refractivity contribution < 1.29 is 27.8 Å². The van der Waals surface area contributed by atoms with Crippen molar-refractivity contribution in [2.75, 3.05) is 13.2 Å². The second-order valence-corrected chi connectivity index (χ2v) is 6.92. The Labute approximate surface area is 144 Å². The second kappa shape index (κ2) is 6.99. The van der Waals surface area contributed by atoms with Gasteiger partial charge in [-0.15, -0.1) is 4.83 Å². The van der Waals surface area contributed by atoms with Gasteiger partial charge in [0, 0.05) is 12.5 Å². The van der Waals surface area contributed by atoms with Crippen LogP contribution in [-0.2, 0) is 10.0 Å². The summed E-state index contributed by atoms with van der Waals surface area (Å²) in [7, 11) is -4.02. The summed E-state index contributed by atoms with van der Waals surface area (Å²) in [5.41, 5.74) is 2.01. The molecule has 2 aromatic carbocycles. The zero-order valence-electron chi connectivity index (χ0n) is 13.1. The number of carbonyl (C=O) groups excluding carboxylic acids is 1. The molecule has 0 saturated carbocycles. The highest BCUT2D eigenvalue weighted by atomic mass is 32.2. The first kappa shape index (κ1) is 17.1. The predicted molar refractivity (Wildman–Crippen MR) is 87.9 cm³/mol. The van der Waals surface area contributed by atoms with E-state index in [1.807, 2.05) is 4.83 Å². The SMILES string of the molecule is O=C(NNS(=O)(=O)c1ccc2c(c1)OCCCO2)c1ccccc1O. The number of fused-ring (bicyclic) bond motifs is 1. The number of hydrogen-bond acceptors (Lipinski definition) is 6. The standard InChI is InChI=1S/C16H16N2O6S/c19-13-5-2-1-4-12(13)16(20)17-18-25(21,22)11-6-7-14-15(10-11)24-9-3-8-23-14/h1-2,4-7,10,18-19H,3,8-9H2,(H,17,20). The molecule has 0 fully saturated rings. The highest BCUT2D eigenvalue weighted by Crippen LogP contribution is 2.31. The number of carbonyl (C=O) groups is 1. The maximum atomic E-state index is 12.3. The molecule has 1 heterocycles. The number of ether oxygens (including phenoxy) is 2. The quantitative estimate of drug-likeness (QED) is 0.702. The number of amides is 1. The molecule has 0 unspecified atom stereocenters. The summed E-state index contributed by atoms with van der Waals surface area (Å²) in [6.45, 7) is 0.919. The number of phenols is 1. The van der Waals surface area contributed by atoms with Crippen molar-refractivity contribution in [1.82, 2.24) is 10.3 Å². The molecular weight excluding hydrogens is 348 g/mol. The number of hydrazine groups is 1. The van der Waals surface area contributed by atoms with Gasteiger partial charge in [0.2, 0.25) is 0 Å². The Kier molecular flexibility index (Phi) is 4.77. The topological polar surface area (TPSA) is 114 Å². The number of aromatic hydroxyl groups is 1. The molecule has 25 heavy (non-hydrogen) atoms. The van der Waals surface area contributed by atoms with Crippen LogP contribution in [0.25, 0.3) is 0 Å². The molecule has 8 nitrogen and oxygen atoms in total. The Balaban J connectivity index is 1.75. The molecule has 0 aromatic heterocycles. The minimum Gasteiger partial charge on any atom is -0.507 e. The predicted octanol–water partition coefficient (Wildman–Crippen LogP) is 1.18. The van der Waals surface area contributed by atoms with Gasteiger partial charge in [-0.2, -0.15) is 0 Å². The third-order valence-electron chi connectivity index (χ3n) is 3.48. The summed E-state index contributed by atoms with van der Waals surface area (Å²) in [6, 6.07) is 9.97. The van der Waals surface area contributed by atoms with E-state index in [0.717, 1.165) is 0 Å². The maximum Gasteiger partial charge on any atom is 0.269 e. The molecule has 132 valence electrons. The van der Waals surface area contributed by atoms with Crippen molar-refractivity contribution in [1.29, 1.82) is 0 Å². The lowest BCUT2D eigenvalue weighted by atomic mass is 10.2. The Hall–Kier alpha value is -2.78. The smallest absolute Gasteiger partial charge is 0.269 e. The van der Waals surface area contributed by atoms with Gasteiger partial charge < -0.3 is 14.6 Å². The lowest BCUT2D eigenvalue weighted by Crippen LogP contribution is -2.41. The van der Waals surface area contributed by atoms with Gasteiger partial charge in [0.05, 0.1) is 23.7 Å². The van der Waals surface area contributed by atoms with Gasteiger partial charge in [0.25, 0.3) is 15.9 Å². The fourth-order valence-corrected chi connectivity index (χ4v) is 3.07. The zero-order chi connectivity index (χ0) is 17.9. The Morgan fingerprint density at radius 2 is 1.76 bits per heavy atom. The van der Waals surface area contributed by atoms with Crippen LogP contribution in [0.4, 0.5) is 0 Å². The number of sulfonamides is 1. The first-order chi connectivity index (χ1) is 12.0. The lowest BCUT2D eigenvalue weighted by Gasteiger charge is -2.12. The van der Waals surface area contributed by atoms with E-state index in [1.54, 1.807) is 12.1 Å². The van der Waals surface area contributed by atoms with Crippen molar-refractivity contribution in [3.63, 3.8) is 0 Å². The average Bonchev–Trinajstić information content (AvgIpc) is 2.85. The van der Waals surface area contributed by atoms with Gasteiger partial charge in [0.1, 0.15) is 5.75 Å². The Bertz CT molecular complexity index is 897. The largest absolute Gasteiger partial charge is 0.507 e. The molecule has 1 aliphatic heterocycles. The highest BCUT2D eigenvalue weighted by molar-refractivity contribution is 7.89. The van der Waals surface area contributed by atoms with Crippen LogP contribution in [0.15, 0.2) is 47.4 Å². The Morgan fingerprint density at radius 3 is 2.52 bits per heavy atom. The van der Waals surface area contributed by atoms with Gasteiger partial charge in [0.15, 0.2) is 11.5 Å². The van der Waals surface area contributed by atoms with E-state index in [4.69, 9.17) is 9.47 Å². The van der Waals surface area contributed by atoms with Crippen molar-refractivity contribution in [3.8, 4) is 17.2 Å². The minimum absolute atomic E-state index is 0.0520. The van der Waals surface area contributed by atoms with Crippen LogP contribution in [0.1, 0.15) is 16.8 Å². The third-order valence-corrected chi connectivity index (χ3v) is 4.72. The van der Waals surface area contributed by atoms with Crippen LogP contribution < -0.4 is 19.7 Å². The molecule has 0 aliphatic carbocycles. The maximum absolute atomic E-state index is 12.3. The van der Waals surface area contributed by atoms with Crippen LogP contribution in [0.5, 0.6) is 17.2 Å². The molecule has 1 amide bonds. The fraction of sp³-hybridized carbons (Fsp3) is 0.188. The molecule has 1 aliphatic rings. The molecular formula is C16H16N2O6S. The molecule has 0 spiro atoms. The normalized spacial score (nSPS) is 13.8. The monoisotopic (exact) mass is 364 g/mol. The molecule has 9 heteroatoms. The highest BCUT2D eigenvalue weighted by Gasteiger charge is 2.20. The summed E-state index contributed by atoms with van der Waals surface area (Å²) >= 11 is 0. The third kappa shape index (κ3) is 3.83. The number of nitrogens with one attached hydrogen (secondary N) is 2. The van der Waals surface area contributed by atoms with Crippen molar-refractivity contribution in [2.24, 2.45) is 0 Å². The van der Waals surface area contributed by atoms with Crippen LogP contribution in [0.3, 0.4) is 0 Å². The van der Waals surface area contributed by atoms with E-state index in [9.17, 15) is 18.3 Å². The van der Waals surface area contributed by atoms with E-state index >= 15 is 0 Å². The molecule has 3 N–H and O–H groups in total. The first-order valence-electron chi connectivity index (χ1n) is 7.47. The summed E-state index contributed by atoms with van der Waals surface area (Å²) in [6.07, 6.45) is 0.700.